The van der Waals surface area contributed by atoms with Gasteiger partial charge in [0.25, 0.3) is 0 Å². The summed E-state index contributed by atoms with van der Waals surface area (Å²) in [6, 6.07) is 8.94. The van der Waals surface area contributed by atoms with Gasteiger partial charge in [0.1, 0.15) is 0 Å². The number of amides is 1. The molecule has 1 aromatic carbocycles. The van der Waals surface area contributed by atoms with Gasteiger partial charge < -0.3 is 4.90 Å². The van der Waals surface area contributed by atoms with Gasteiger partial charge in [-0.2, -0.15) is 0 Å². The van der Waals surface area contributed by atoms with Gasteiger partial charge in [-0.15, -0.1) is 0 Å². The van der Waals surface area contributed by atoms with E-state index in [4.69, 9.17) is 0 Å². The van der Waals surface area contributed by atoms with Crippen LogP contribution in [0.2, 0.25) is 0 Å². The molecule has 1 amide bonds. The van der Waals surface area contributed by atoms with Gasteiger partial charge in [-0.1, -0.05) is 24.3 Å². The van der Waals surface area contributed by atoms with E-state index in [9.17, 15) is 4.79 Å². The normalized spacial score (nSPS) is 24.8. The number of hydrogen-bond donors (Lipinski definition) is 0. The van der Waals surface area contributed by atoms with Crippen molar-refractivity contribution in [2.75, 3.05) is 6.54 Å². The smallest absolute Gasteiger partial charge is 0.210 e. The van der Waals surface area contributed by atoms with Crippen LogP contribution in [-0.4, -0.2) is 17.9 Å². The highest BCUT2D eigenvalue weighted by molar-refractivity contribution is 5.51. The van der Waals surface area contributed by atoms with Gasteiger partial charge in [-0.3, -0.25) is 4.79 Å². The fraction of sp³-hybridized carbons (Fsp3) is 0.462. The lowest BCUT2D eigenvalue weighted by molar-refractivity contribution is -0.121. The largest absolute Gasteiger partial charge is 0.338 e. The van der Waals surface area contributed by atoms with Gasteiger partial charge in [0.05, 0.1) is 6.04 Å². The maximum absolute atomic E-state index is 11.0. The van der Waals surface area contributed by atoms with Gasteiger partial charge in [0, 0.05) is 6.54 Å². The number of carbonyl (C=O) groups excluding carboxylic acids is 1. The molecule has 0 bridgehead atoms. The first-order chi connectivity index (χ1) is 7.40. The average molecular weight is 201 g/mol. The minimum absolute atomic E-state index is 0.368. The van der Waals surface area contributed by atoms with Crippen molar-refractivity contribution < 1.29 is 4.79 Å². The van der Waals surface area contributed by atoms with Crippen LogP contribution in [0.5, 0.6) is 0 Å². The highest BCUT2D eigenvalue weighted by Crippen LogP contribution is 2.46. The molecule has 1 unspecified atom stereocenters. The molecule has 0 aromatic heterocycles. The average Bonchev–Trinajstić information content (AvgIpc) is 3.11. The van der Waals surface area contributed by atoms with Crippen molar-refractivity contribution in [3.05, 3.63) is 35.4 Å². The van der Waals surface area contributed by atoms with E-state index in [-0.39, 0.29) is 0 Å². The summed E-state index contributed by atoms with van der Waals surface area (Å²) in [4.78, 5) is 13.0. The monoisotopic (exact) mass is 201 g/mol. The third kappa shape index (κ3) is 1.44. The Hall–Kier alpha value is -1.31. The molecule has 1 atom stereocenters. The van der Waals surface area contributed by atoms with E-state index in [0.717, 1.165) is 25.3 Å². The van der Waals surface area contributed by atoms with Crippen molar-refractivity contribution in [2.24, 2.45) is 5.92 Å². The topological polar surface area (TPSA) is 20.3 Å². The highest BCUT2D eigenvalue weighted by Gasteiger charge is 2.38. The molecule has 1 saturated carbocycles. The molecule has 1 fully saturated rings. The van der Waals surface area contributed by atoms with Crippen LogP contribution < -0.4 is 0 Å². The molecule has 15 heavy (non-hydrogen) atoms. The van der Waals surface area contributed by atoms with Crippen molar-refractivity contribution in [1.82, 2.24) is 4.90 Å². The second-order valence-electron chi connectivity index (χ2n) is 4.57. The zero-order valence-corrected chi connectivity index (χ0v) is 8.73. The molecule has 3 rings (SSSR count). The fourth-order valence-corrected chi connectivity index (χ4v) is 2.67. The van der Waals surface area contributed by atoms with Crippen molar-refractivity contribution in [2.45, 2.75) is 25.3 Å². The van der Waals surface area contributed by atoms with Gasteiger partial charge >= 0.3 is 0 Å². The van der Waals surface area contributed by atoms with Crippen molar-refractivity contribution in [1.29, 1.82) is 0 Å². The Bertz CT molecular complexity index is 384. The molecule has 2 nitrogen and oxygen atoms in total. The first-order valence-corrected chi connectivity index (χ1v) is 5.69. The Morgan fingerprint density at radius 1 is 1.27 bits per heavy atom. The molecule has 2 heteroatoms. The Labute approximate surface area is 89.9 Å². The van der Waals surface area contributed by atoms with Crippen LogP contribution >= 0.6 is 0 Å². The van der Waals surface area contributed by atoms with Gasteiger partial charge in [-0.05, 0) is 36.3 Å². The van der Waals surface area contributed by atoms with E-state index in [1.54, 1.807) is 0 Å². The minimum atomic E-state index is 0.368. The number of nitrogens with zero attached hydrogens (tertiary/aromatic N) is 1. The first kappa shape index (κ1) is 8.96. The summed E-state index contributed by atoms with van der Waals surface area (Å²) >= 11 is 0. The molecule has 0 saturated heterocycles. The van der Waals surface area contributed by atoms with Gasteiger partial charge in [0.2, 0.25) is 6.41 Å². The van der Waals surface area contributed by atoms with E-state index < -0.39 is 0 Å². The lowest BCUT2D eigenvalue weighted by Crippen LogP contribution is -2.35. The molecule has 1 heterocycles. The lowest BCUT2D eigenvalue weighted by atomic mass is 9.90. The van der Waals surface area contributed by atoms with E-state index in [1.807, 2.05) is 4.90 Å². The quantitative estimate of drug-likeness (QED) is 0.671. The number of hydrogen-bond acceptors (Lipinski definition) is 1. The van der Waals surface area contributed by atoms with E-state index in [2.05, 4.69) is 24.3 Å². The van der Waals surface area contributed by atoms with Crippen molar-refractivity contribution >= 4 is 6.41 Å². The standard InChI is InChI=1S/C13H15NO/c15-9-14-8-7-10-3-1-2-4-12(10)13(14)11-5-6-11/h1-4,9,11,13H,5-8H2. The molecule has 78 valence electrons. The Morgan fingerprint density at radius 3 is 2.80 bits per heavy atom. The zero-order chi connectivity index (χ0) is 10.3. The Balaban J connectivity index is 2.02. The maximum Gasteiger partial charge on any atom is 0.210 e. The predicted octanol–water partition coefficient (Wildman–Crippen LogP) is 2.15. The van der Waals surface area contributed by atoms with Crippen LogP contribution in [-0.2, 0) is 11.2 Å². The van der Waals surface area contributed by atoms with Gasteiger partial charge in [-0.25, -0.2) is 0 Å². The number of fused-ring (bicyclic) bond motifs is 1. The summed E-state index contributed by atoms with van der Waals surface area (Å²) in [6.45, 7) is 0.891. The van der Waals surface area contributed by atoms with E-state index in [1.165, 1.54) is 24.0 Å². The Morgan fingerprint density at radius 2 is 2.07 bits per heavy atom. The van der Waals surface area contributed by atoms with Crippen LogP contribution in [0, 0.1) is 5.92 Å². The summed E-state index contributed by atoms with van der Waals surface area (Å²) in [7, 11) is 0. The number of benzene rings is 1. The fourth-order valence-electron chi connectivity index (χ4n) is 2.67. The van der Waals surface area contributed by atoms with Crippen LogP contribution in [0.25, 0.3) is 0 Å². The van der Waals surface area contributed by atoms with Crippen molar-refractivity contribution in [3.63, 3.8) is 0 Å². The first-order valence-electron chi connectivity index (χ1n) is 5.69. The van der Waals surface area contributed by atoms with Crippen LogP contribution in [0.3, 0.4) is 0 Å². The molecule has 0 spiro atoms. The summed E-state index contributed by atoms with van der Waals surface area (Å²) in [5.41, 5.74) is 2.82. The molecule has 1 aliphatic heterocycles. The predicted molar refractivity (Wildman–Crippen MR) is 58.4 cm³/mol. The second-order valence-corrected chi connectivity index (χ2v) is 4.57. The third-order valence-corrected chi connectivity index (χ3v) is 3.57. The van der Waals surface area contributed by atoms with Gasteiger partial charge in [0.15, 0.2) is 0 Å². The summed E-state index contributed by atoms with van der Waals surface area (Å²) in [6.07, 6.45) is 4.60. The maximum atomic E-state index is 11.0. The number of carbonyl (C=O) groups is 1. The highest BCUT2D eigenvalue weighted by atomic mass is 16.1. The zero-order valence-electron chi connectivity index (χ0n) is 8.73. The lowest BCUT2D eigenvalue weighted by Gasteiger charge is -2.35. The molecule has 0 radical (unpaired) electrons. The molecule has 1 aliphatic carbocycles. The minimum Gasteiger partial charge on any atom is -0.338 e. The summed E-state index contributed by atoms with van der Waals surface area (Å²) < 4.78 is 0. The summed E-state index contributed by atoms with van der Waals surface area (Å²) in [5.74, 6) is 0.719. The second kappa shape index (κ2) is 3.37. The molecule has 0 N–H and O–H groups in total. The summed E-state index contributed by atoms with van der Waals surface area (Å²) in [5, 5.41) is 0. The number of rotatable bonds is 2. The SMILES string of the molecule is O=CN1CCc2ccccc2C1C1CC1. The molecule has 1 aromatic rings. The van der Waals surface area contributed by atoms with Crippen LogP contribution in [0.15, 0.2) is 24.3 Å². The van der Waals surface area contributed by atoms with Crippen LogP contribution in [0.4, 0.5) is 0 Å². The molecular weight excluding hydrogens is 186 g/mol. The third-order valence-electron chi connectivity index (χ3n) is 3.57. The molecular formula is C13H15NO. The van der Waals surface area contributed by atoms with E-state index in [0.29, 0.717) is 6.04 Å². The van der Waals surface area contributed by atoms with Crippen molar-refractivity contribution in [3.8, 4) is 0 Å². The molecule has 2 aliphatic rings. The Kier molecular flexibility index (Phi) is 2.01. The van der Waals surface area contributed by atoms with Crippen LogP contribution in [0.1, 0.15) is 30.0 Å². The van der Waals surface area contributed by atoms with E-state index >= 15 is 0 Å².